The smallest absolute Gasteiger partial charge is 0.237 e. The van der Waals surface area contributed by atoms with Gasteiger partial charge >= 0.3 is 0 Å². The number of nitrogens with one attached hydrogen (secondary N) is 1. The largest absolute Gasteiger partial charge is 0.368 e. The van der Waals surface area contributed by atoms with Gasteiger partial charge in [0.05, 0.1) is 5.54 Å². The molecule has 19 heavy (non-hydrogen) atoms. The third-order valence-corrected chi connectivity index (χ3v) is 5.51. The summed E-state index contributed by atoms with van der Waals surface area (Å²) < 4.78 is 1.11. The zero-order chi connectivity index (χ0) is 13.9. The van der Waals surface area contributed by atoms with Gasteiger partial charge in [-0.25, -0.2) is 4.98 Å². The summed E-state index contributed by atoms with van der Waals surface area (Å²) >= 11 is 3.43. The summed E-state index contributed by atoms with van der Waals surface area (Å²) in [6.07, 6.45) is 4.07. The Morgan fingerprint density at radius 2 is 2.42 bits per heavy atom. The summed E-state index contributed by atoms with van der Waals surface area (Å²) in [6, 6.07) is 0.492. The molecule has 1 aromatic heterocycles. The Labute approximate surface area is 122 Å². The first-order valence-electron chi connectivity index (χ1n) is 6.62. The summed E-state index contributed by atoms with van der Waals surface area (Å²) in [5.74, 6) is 0.733. The number of carbonyl (C=O) groups is 1. The predicted octanol–water partition coefficient (Wildman–Crippen LogP) is 2.32. The zero-order valence-corrected chi connectivity index (χ0v) is 13.1. The summed E-state index contributed by atoms with van der Waals surface area (Å²) in [5.41, 5.74) is 6.04. The van der Waals surface area contributed by atoms with E-state index in [-0.39, 0.29) is 5.91 Å². The average molecular weight is 299 g/mol. The predicted molar refractivity (Wildman–Crippen MR) is 80.6 cm³/mol. The van der Waals surface area contributed by atoms with Gasteiger partial charge in [0, 0.05) is 22.9 Å². The number of rotatable bonds is 8. The van der Waals surface area contributed by atoms with Gasteiger partial charge in [0.15, 0.2) is 0 Å². The molecule has 1 heterocycles. The molecule has 4 nitrogen and oxygen atoms in total. The Morgan fingerprint density at radius 1 is 1.68 bits per heavy atom. The van der Waals surface area contributed by atoms with Crippen LogP contribution in [0.25, 0.3) is 0 Å². The summed E-state index contributed by atoms with van der Waals surface area (Å²) in [4.78, 5) is 16.0. The van der Waals surface area contributed by atoms with Crippen molar-refractivity contribution in [3.63, 3.8) is 0 Å². The van der Waals surface area contributed by atoms with E-state index in [4.69, 9.17) is 5.73 Å². The number of aromatic nitrogens is 1. The van der Waals surface area contributed by atoms with E-state index in [1.54, 1.807) is 23.1 Å². The minimum absolute atomic E-state index is 0.241. The number of nitrogens with two attached hydrogens (primary N) is 1. The summed E-state index contributed by atoms with van der Waals surface area (Å²) in [7, 11) is 0. The van der Waals surface area contributed by atoms with E-state index in [0.717, 1.165) is 41.5 Å². The Bertz CT molecular complexity index is 445. The maximum Gasteiger partial charge on any atom is 0.237 e. The lowest BCUT2D eigenvalue weighted by molar-refractivity contribution is -0.124. The maximum absolute atomic E-state index is 11.6. The molecule has 0 bridgehead atoms. The first-order valence-corrected chi connectivity index (χ1v) is 8.49. The molecule has 0 radical (unpaired) electrons. The summed E-state index contributed by atoms with van der Waals surface area (Å²) in [5, 5.41) is 5.43. The highest BCUT2D eigenvalue weighted by molar-refractivity contribution is 8.00. The third-order valence-electron chi connectivity index (χ3n) is 3.29. The lowest BCUT2D eigenvalue weighted by atomic mass is 9.95. The number of thioether (sulfide) groups is 1. The van der Waals surface area contributed by atoms with Gasteiger partial charge in [-0.1, -0.05) is 11.8 Å². The van der Waals surface area contributed by atoms with Crippen LogP contribution in [0.5, 0.6) is 0 Å². The SMILES string of the molecule is Cc1csc(SCCCC(C)(NC2CC2)C(N)=O)n1. The van der Waals surface area contributed by atoms with E-state index in [1.807, 2.05) is 13.8 Å². The van der Waals surface area contributed by atoms with Crippen molar-refractivity contribution >= 4 is 29.0 Å². The molecule has 0 aliphatic heterocycles. The molecule has 1 aliphatic carbocycles. The van der Waals surface area contributed by atoms with Crippen molar-refractivity contribution < 1.29 is 4.79 Å². The van der Waals surface area contributed by atoms with Crippen LogP contribution < -0.4 is 11.1 Å². The van der Waals surface area contributed by atoms with Crippen LogP contribution >= 0.6 is 23.1 Å². The maximum atomic E-state index is 11.6. The van der Waals surface area contributed by atoms with Crippen molar-refractivity contribution in [1.82, 2.24) is 10.3 Å². The van der Waals surface area contributed by atoms with Crippen LogP contribution in [-0.2, 0) is 4.79 Å². The molecular formula is C13H21N3OS2. The highest BCUT2D eigenvalue weighted by Crippen LogP contribution is 2.27. The van der Waals surface area contributed by atoms with Crippen LogP contribution in [0.1, 0.15) is 38.3 Å². The Balaban J connectivity index is 1.74. The van der Waals surface area contributed by atoms with Gasteiger partial charge in [-0.15, -0.1) is 11.3 Å². The molecule has 1 unspecified atom stereocenters. The molecule has 1 aliphatic rings. The molecule has 1 amide bonds. The van der Waals surface area contributed by atoms with Crippen molar-refractivity contribution in [2.24, 2.45) is 5.73 Å². The van der Waals surface area contributed by atoms with Gasteiger partial charge in [0.25, 0.3) is 0 Å². The molecule has 1 aromatic rings. The monoisotopic (exact) mass is 299 g/mol. The van der Waals surface area contributed by atoms with Crippen molar-refractivity contribution in [3.05, 3.63) is 11.1 Å². The third kappa shape index (κ3) is 4.47. The van der Waals surface area contributed by atoms with Gasteiger partial charge in [-0.3, -0.25) is 4.79 Å². The molecule has 6 heteroatoms. The van der Waals surface area contributed by atoms with Crippen LogP contribution in [0.15, 0.2) is 9.72 Å². The van der Waals surface area contributed by atoms with Crippen molar-refractivity contribution in [2.75, 3.05) is 5.75 Å². The van der Waals surface area contributed by atoms with Gasteiger partial charge in [0.2, 0.25) is 5.91 Å². The minimum atomic E-state index is -0.555. The van der Waals surface area contributed by atoms with E-state index >= 15 is 0 Å². The molecule has 0 saturated heterocycles. The molecular weight excluding hydrogens is 278 g/mol. The number of hydrogen-bond acceptors (Lipinski definition) is 5. The second-order valence-corrected chi connectivity index (χ2v) is 7.52. The van der Waals surface area contributed by atoms with Crippen LogP contribution in [0.4, 0.5) is 0 Å². The first-order chi connectivity index (χ1) is 8.99. The standard InChI is InChI=1S/C13H21N3OS2/c1-9-8-19-12(15-9)18-7-3-6-13(2,11(14)17)16-10-4-5-10/h8,10,16H,3-7H2,1-2H3,(H2,14,17). The number of hydrogen-bond donors (Lipinski definition) is 2. The molecule has 1 saturated carbocycles. The Kier molecular flexibility index (Phi) is 4.86. The number of amides is 1. The van der Waals surface area contributed by atoms with Crippen LogP contribution in [0.2, 0.25) is 0 Å². The van der Waals surface area contributed by atoms with Gasteiger partial charge in [0.1, 0.15) is 4.34 Å². The van der Waals surface area contributed by atoms with Gasteiger partial charge in [-0.2, -0.15) is 0 Å². The van der Waals surface area contributed by atoms with Crippen molar-refractivity contribution in [3.8, 4) is 0 Å². The molecule has 106 valence electrons. The molecule has 2 rings (SSSR count). The van der Waals surface area contributed by atoms with Gasteiger partial charge < -0.3 is 11.1 Å². The van der Waals surface area contributed by atoms with Crippen molar-refractivity contribution in [2.45, 2.75) is 55.5 Å². The van der Waals surface area contributed by atoms with Crippen molar-refractivity contribution in [1.29, 1.82) is 0 Å². The van der Waals surface area contributed by atoms with Crippen LogP contribution in [0.3, 0.4) is 0 Å². The fourth-order valence-corrected chi connectivity index (χ4v) is 3.79. The lowest BCUT2D eigenvalue weighted by Crippen LogP contribution is -2.54. The number of carbonyl (C=O) groups excluding carboxylic acids is 1. The van der Waals surface area contributed by atoms with Crippen LogP contribution in [0, 0.1) is 6.92 Å². The number of aryl methyl sites for hydroxylation is 1. The zero-order valence-electron chi connectivity index (χ0n) is 11.4. The minimum Gasteiger partial charge on any atom is -0.368 e. The second-order valence-electron chi connectivity index (χ2n) is 5.32. The van der Waals surface area contributed by atoms with E-state index < -0.39 is 5.54 Å². The van der Waals surface area contributed by atoms with Gasteiger partial charge in [-0.05, 0) is 39.5 Å². The topological polar surface area (TPSA) is 68.0 Å². The molecule has 0 spiro atoms. The number of nitrogens with zero attached hydrogens (tertiary/aromatic N) is 1. The highest BCUT2D eigenvalue weighted by Gasteiger charge is 2.36. The normalized spacial score (nSPS) is 18.2. The number of primary amides is 1. The number of thiazole rings is 1. The second kappa shape index (κ2) is 6.24. The molecule has 0 aromatic carbocycles. The fourth-order valence-electron chi connectivity index (χ4n) is 1.93. The van der Waals surface area contributed by atoms with E-state index in [0.29, 0.717) is 6.04 Å². The Morgan fingerprint density at radius 3 is 2.95 bits per heavy atom. The van der Waals surface area contributed by atoms with Crippen LogP contribution in [-0.4, -0.2) is 28.2 Å². The van der Waals surface area contributed by atoms with E-state index in [1.165, 1.54) is 0 Å². The molecule has 1 atom stereocenters. The van der Waals surface area contributed by atoms with E-state index in [9.17, 15) is 4.79 Å². The quantitative estimate of drug-likeness (QED) is 0.571. The Hall–Kier alpha value is -0.590. The van der Waals surface area contributed by atoms with E-state index in [2.05, 4.69) is 15.7 Å². The lowest BCUT2D eigenvalue weighted by Gasteiger charge is -2.27. The molecule has 1 fully saturated rings. The summed E-state index contributed by atoms with van der Waals surface area (Å²) in [6.45, 7) is 3.93. The highest BCUT2D eigenvalue weighted by atomic mass is 32.2. The fraction of sp³-hybridized carbons (Fsp3) is 0.692. The first kappa shape index (κ1) is 14.8. The molecule has 3 N–H and O–H groups in total. The average Bonchev–Trinajstić information content (AvgIpc) is 3.05.